The van der Waals surface area contributed by atoms with E-state index in [1.54, 1.807) is 19.0 Å². The van der Waals surface area contributed by atoms with Crippen LogP contribution in [-0.2, 0) is 4.79 Å². The highest BCUT2D eigenvalue weighted by molar-refractivity contribution is 5.77. The molecule has 0 fully saturated rings. The van der Waals surface area contributed by atoms with Crippen molar-refractivity contribution in [3.05, 3.63) is 24.3 Å². The molecule has 0 aromatic heterocycles. The van der Waals surface area contributed by atoms with Crippen LogP contribution in [0, 0.1) is 0 Å². The average Bonchev–Trinajstić information content (AvgIpc) is 2.41. The normalized spacial score (nSPS) is 10.4. The third-order valence-electron chi connectivity index (χ3n) is 2.78. The summed E-state index contributed by atoms with van der Waals surface area (Å²) in [6.07, 6.45) is 0. The molecule has 0 aliphatic rings. The first kappa shape index (κ1) is 16.3. The summed E-state index contributed by atoms with van der Waals surface area (Å²) in [5.41, 5.74) is 0. The summed E-state index contributed by atoms with van der Waals surface area (Å²) in [4.78, 5) is 15.0. The minimum absolute atomic E-state index is 0.0913. The summed E-state index contributed by atoms with van der Waals surface area (Å²) in [7, 11) is 5.42. The Bertz CT molecular complexity index is 404. The Morgan fingerprint density at radius 1 is 1.05 bits per heavy atom. The van der Waals surface area contributed by atoms with Crippen LogP contribution >= 0.6 is 0 Å². The molecular weight excluding hydrogens is 256 g/mol. The Morgan fingerprint density at radius 2 is 1.60 bits per heavy atom. The molecule has 5 heteroatoms. The van der Waals surface area contributed by atoms with Gasteiger partial charge in [-0.25, -0.2) is 0 Å². The van der Waals surface area contributed by atoms with Gasteiger partial charge in [0.1, 0.15) is 18.1 Å². The van der Waals surface area contributed by atoms with Crippen LogP contribution in [0.15, 0.2) is 24.3 Å². The highest BCUT2D eigenvalue weighted by atomic mass is 16.5. The zero-order valence-electron chi connectivity index (χ0n) is 12.8. The molecule has 112 valence electrons. The van der Waals surface area contributed by atoms with Crippen LogP contribution < -0.4 is 9.47 Å². The highest BCUT2D eigenvalue weighted by Gasteiger charge is 2.08. The molecule has 0 unspecified atom stereocenters. The van der Waals surface area contributed by atoms with E-state index in [1.165, 1.54) is 0 Å². The molecular formula is C15H24N2O3. The Balaban J connectivity index is 2.28. The van der Waals surface area contributed by atoms with Crippen molar-refractivity contribution in [2.24, 2.45) is 0 Å². The van der Waals surface area contributed by atoms with Gasteiger partial charge in [0.25, 0.3) is 0 Å². The summed E-state index contributed by atoms with van der Waals surface area (Å²) in [5.74, 6) is 1.74. The predicted octanol–water partition coefficient (Wildman–Crippen LogP) is 1.48. The Kier molecular flexibility index (Phi) is 6.87. The summed E-state index contributed by atoms with van der Waals surface area (Å²) < 4.78 is 11.0. The summed E-state index contributed by atoms with van der Waals surface area (Å²) in [6.45, 7) is 4.26. The number of benzene rings is 1. The van der Waals surface area contributed by atoms with Crippen molar-refractivity contribution in [2.45, 2.75) is 6.92 Å². The van der Waals surface area contributed by atoms with E-state index in [0.29, 0.717) is 26.3 Å². The molecule has 1 amide bonds. The van der Waals surface area contributed by atoms with Crippen molar-refractivity contribution >= 4 is 5.91 Å². The number of carbonyl (C=O) groups is 1. The second-order valence-corrected chi connectivity index (χ2v) is 4.78. The largest absolute Gasteiger partial charge is 0.494 e. The van der Waals surface area contributed by atoms with Gasteiger partial charge in [0, 0.05) is 20.6 Å². The van der Waals surface area contributed by atoms with E-state index >= 15 is 0 Å². The molecule has 1 aromatic carbocycles. The van der Waals surface area contributed by atoms with Crippen molar-refractivity contribution in [3.8, 4) is 11.5 Å². The van der Waals surface area contributed by atoms with Gasteiger partial charge in [0.05, 0.1) is 13.2 Å². The minimum atomic E-state index is 0.0913. The standard InChI is InChI=1S/C15H24N2O3/c1-5-19-13-6-8-14(9-7-13)20-11-10-17(4)12-15(18)16(2)3/h6-9H,5,10-12H2,1-4H3. The van der Waals surface area contributed by atoms with Crippen LogP contribution in [0.25, 0.3) is 0 Å². The van der Waals surface area contributed by atoms with Crippen LogP contribution in [0.3, 0.4) is 0 Å². The van der Waals surface area contributed by atoms with E-state index in [9.17, 15) is 4.79 Å². The van der Waals surface area contributed by atoms with E-state index in [4.69, 9.17) is 9.47 Å². The predicted molar refractivity (Wildman–Crippen MR) is 79.3 cm³/mol. The van der Waals surface area contributed by atoms with Crippen molar-refractivity contribution in [1.29, 1.82) is 0 Å². The summed E-state index contributed by atoms with van der Waals surface area (Å²) in [5, 5.41) is 0. The summed E-state index contributed by atoms with van der Waals surface area (Å²) in [6, 6.07) is 7.54. The molecule has 0 spiro atoms. The lowest BCUT2D eigenvalue weighted by molar-refractivity contribution is -0.129. The highest BCUT2D eigenvalue weighted by Crippen LogP contribution is 2.17. The molecule has 1 aromatic rings. The molecule has 0 radical (unpaired) electrons. The number of hydrogen-bond acceptors (Lipinski definition) is 4. The van der Waals surface area contributed by atoms with Crippen LogP contribution in [-0.4, -0.2) is 63.2 Å². The zero-order chi connectivity index (χ0) is 15.0. The molecule has 0 heterocycles. The fraction of sp³-hybridized carbons (Fsp3) is 0.533. The topological polar surface area (TPSA) is 42.0 Å². The molecule has 0 saturated heterocycles. The third-order valence-corrected chi connectivity index (χ3v) is 2.78. The lowest BCUT2D eigenvalue weighted by Crippen LogP contribution is -2.36. The Hall–Kier alpha value is -1.75. The number of carbonyl (C=O) groups excluding carboxylic acids is 1. The van der Waals surface area contributed by atoms with Crippen molar-refractivity contribution < 1.29 is 14.3 Å². The van der Waals surface area contributed by atoms with Crippen LogP contribution in [0.1, 0.15) is 6.92 Å². The lowest BCUT2D eigenvalue weighted by Gasteiger charge is -2.19. The second-order valence-electron chi connectivity index (χ2n) is 4.78. The number of likely N-dealkylation sites (N-methyl/N-ethyl adjacent to an activating group) is 2. The molecule has 0 atom stereocenters. The van der Waals surface area contributed by atoms with Crippen LogP contribution in [0.2, 0.25) is 0 Å². The third kappa shape index (κ3) is 5.93. The zero-order valence-corrected chi connectivity index (χ0v) is 12.8. The maximum Gasteiger partial charge on any atom is 0.236 e. The molecule has 20 heavy (non-hydrogen) atoms. The summed E-state index contributed by atoms with van der Waals surface area (Å²) >= 11 is 0. The lowest BCUT2D eigenvalue weighted by atomic mass is 10.3. The fourth-order valence-corrected chi connectivity index (χ4v) is 1.57. The van der Waals surface area contributed by atoms with E-state index in [-0.39, 0.29) is 5.91 Å². The maximum absolute atomic E-state index is 11.5. The fourth-order valence-electron chi connectivity index (χ4n) is 1.57. The quantitative estimate of drug-likeness (QED) is 0.723. The van der Waals surface area contributed by atoms with Crippen molar-refractivity contribution in [1.82, 2.24) is 9.80 Å². The monoisotopic (exact) mass is 280 g/mol. The van der Waals surface area contributed by atoms with Crippen LogP contribution in [0.5, 0.6) is 11.5 Å². The van der Waals surface area contributed by atoms with Gasteiger partial charge < -0.3 is 14.4 Å². The second kappa shape index (κ2) is 8.43. The van der Waals surface area contributed by atoms with E-state index < -0.39 is 0 Å². The van der Waals surface area contributed by atoms with Gasteiger partial charge in [-0.1, -0.05) is 0 Å². The number of amides is 1. The Morgan fingerprint density at radius 3 is 2.10 bits per heavy atom. The number of ether oxygens (including phenoxy) is 2. The Labute approximate surface area is 121 Å². The van der Waals surface area contributed by atoms with Crippen molar-refractivity contribution in [3.63, 3.8) is 0 Å². The van der Waals surface area contributed by atoms with Gasteiger partial charge in [0.2, 0.25) is 5.91 Å². The van der Waals surface area contributed by atoms with Gasteiger partial charge in [-0.3, -0.25) is 9.69 Å². The van der Waals surface area contributed by atoms with Gasteiger partial charge in [-0.2, -0.15) is 0 Å². The molecule has 1 rings (SSSR count). The molecule has 0 saturated carbocycles. The maximum atomic E-state index is 11.5. The van der Waals surface area contributed by atoms with E-state index in [0.717, 1.165) is 11.5 Å². The van der Waals surface area contributed by atoms with Gasteiger partial charge in [0.15, 0.2) is 0 Å². The molecule has 0 aliphatic carbocycles. The molecule has 0 N–H and O–H groups in total. The molecule has 0 bridgehead atoms. The van der Waals surface area contributed by atoms with Crippen LogP contribution in [0.4, 0.5) is 0 Å². The first-order valence-electron chi connectivity index (χ1n) is 6.77. The minimum Gasteiger partial charge on any atom is -0.494 e. The average molecular weight is 280 g/mol. The molecule has 0 aliphatic heterocycles. The van der Waals surface area contributed by atoms with E-state index in [2.05, 4.69) is 0 Å². The smallest absolute Gasteiger partial charge is 0.236 e. The van der Waals surface area contributed by atoms with Gasteiger partial charge in [-0.15, -0.1) is 0 Å². The number of nitrogens with zero attached hydrogens (tertiary/aromatic N) is 2. The van der Waals surface area contributed by atoms with Gasteiger partial charge in [-0.05, 0) is 38.2 Å². The first-order valence-corrected chi connectivity index (χ1v) is 6.77. The molecule has 5 nitrogen and oxygen atoms in total. The SMILES string of the molecule is CCOc1ccc(OCCN(C)CC(=O)N(C)C)cc1. The number of hydrogen-bond donors (Lipinski definition) is 0. The van der Waals surface area contributed by atoms with E-state index in [1.807, 2.05) is 43.1 Å². The van der Waals surface area contributed by atoms with Crippen molar-refractivity contribution in [2.75, 3.05) is 47.4 Å². The van der Waals surface area contributed by atoms with Gasteiger partial charge >= 0.3 is 0 Å². The first-order chi connectivity index (χ1) is 9.52. The number of rotatable bonds is 8.